The molecule has 0 aliphatic heterocycles. The van der Waals surface area contributed by atoms with Crippen molar-refractivity contribution in [2.24, 2.45) is 0 Å². The van der Waals surface area contributed by atoms with Gasteiger partial charge in [0.2, 0.25) is 0 Å². The fourth-order valence-electron chi connectivity index (χ4n) is 10.3. The van der Waals surface area contributed by atoms with Crippen LogP contribution in [0.1, 0.15) is 355 Å². The van der Waals surface area contributed by atoms with E-state index in [0.29, 0.717) is 25.7 Å². The Morgan fingerprint density at radius 1 is 0.276 bits per heavy atom. The van der Waals surface area contributed by atoms with Gasteiger partial charge in [0, 0.05) is 25.7 Å². The summed E-state index contributed by atoms with van der Waals surface area (Å²) in [6.07, 6.45) is 49.9. The van der Waals surface area contributed by atoms with Gasteiger partial charge in [0.15, 0.2) is 12.2 Å². The third kappa shape index (κ3) is 62.6. The van der Waals surface area contributed by atoms with Crippen LogP contribution in [0.2, 0.25) is 0 Å². The molecule has 0 saturated heterocycles. The number of carbonyl (C=O) groups is 4. The predicted octanol–water partition coefficient (Wildman–Crippen LogP) is 19.5. The zero-order valence-electron chi connectivity index (χ0n) is 56.0. The Morgan fingerprint density at radius 3 is 0.678 bits per heavy atom. The smallest absolute Gasteiger partial charge is 0.462 e. The Labute approximate surface area is 530 Å². The van der Waals surface area contributed by atoms with Gasteiger partial charge in [-0.1, -0.05) is 304 Å². The molecule has 0 radical (unpaired) electrons. The number of aliphatic hydroxyl groups excluding tert-OH is 1. The molecule has 0 amide bonds. The molecule has 17 nitrogen and oxygen atoms in total. The van der Waals surface area contributed by atoms with Crippen molar-refractivity contribution in [1.29, 1.82) is 0 Å². The van der Waals surface area contributed by atoms with Gasteiger partial charge in [0.25, 0.3) is 0 Å². The van der Waals surface area contributed by atoms with E-state index in [1.54, 1.807) is 0 Å². The van der Waals surface area contributed by atoms with Crippen LogP contribution in [-0.4, -0.2) is 96.7 Å². The van der Waals surface area contributed by atoms with Crippen LogP contribution in [0.15, 0.2) is 0 Å². The van der Waals surface area contributed by atoms with E-state index in [1.807, 2.05) is 0 Å². The van der Waals surface area contributed by atoms with Crippen molar-refractivity contribution in [3.8, 4) is 0 Å². The van der Waals surface area contributed by atoms with Crippen LogP contribution in [0.3, 0.4) is 0 Å². The lowest BCUT2D eigenvalue weighted by Gasteiger charge is -2.21. The van der Waals surface area contributed by atoms with E-state index < -0.39 is 97.5 Å². The Balaban J connectivity index is 5.20. The lowest BCUT2D eigenvalue weighted by atomic mass is 10.0. The van der Waals surface area contributed by atoms with E-state index in [0.717, 1.165) is 96.3 Å². The lowest BCUT2D eigenvalue weighted by molar-refractivity contribution is -0.161. The highest BCUT2D eigenvalue weighted by molar-refractivity contribution is 7.47. The standard InChI is InChI=1S/C68H132O17P2/c1-5-9-13-17-21-25-27-29-31-32-34-36-39-43-47-51-55-68(73)85-64(59-79-66(71)53-49-45-41-38-35-33-30-28-26-22-18-14-10-6-2)61-83-87(76,77)81-57-62(69)56-80-86(74,75)82-60-63(58-78-65(70)52-48-44-40-24-20-16-12-8-4)84-67(72)54-50-46-42-37-23-19-15-11-7-3/h62-64,69H,5-61H2,1-4H3,(H,74,75)(H,76,77)/t62-,63+,64+/m0/s1. The first-order chi connectivity index (χ1) is 42.2. The molecule has 2 unspecified atom stereocenters. The van der Waals surface area contributed by atoms with E-state index in [1.165, 1.54) is 180 Å². The van der Waals surface area contributed by atoms with E-state index in [4.69, 9.17) is 37.0 Å². The van der Waals surface area contributed by atoms with Crippen LogP contribution in [0.4, 0.5) is 0 Å². The van der Waals surface area contributed by atoms with E-state index in [2.05, 4.69) is 27.7 Å². The zero-order chi connectivity index (χ0) is 64.0. The first-order valence-corrected chi connectivity index (χ1v) is 38.8. The zero-order valence-corrected chi connectivity index (χ0v) is 57.8. The minimum Gasteiger partial charge on any atom is -0.462 e. The fraction of sp³-hybridized carbons (Fsp3) is 0.941. The first kappa shape index (κ1) is 85.1. The monoisotopic (exact) mass is 1280 g/mol. The van der Waals surface area contributed by atoms with Crippen molar-refractivity contribution in [3.05, 3.63) is 0 Å². The number of aliphatic hydroxyl groups is 1. The molecule has 0 aliphatic rings. The third-order valence-electron chi connectivity index (χ3n) is 15.9. The lowest BCUT2D eigenvalue weighted by Crippen LogP contribution is -2.30. The van der Waals surface area contributed by atoms with Gasteiger partial charge in [0.05, 0.1) is 26.4 Å². The molecule has 0 aliphatic carbocycles. The summed E-state index contributed by atoms with van der Waals surface area (Å²) in [5.41, 5.74) is 0. The van der Waals surface area contributed by atoms with Crippen LogP contribution < -0.4 is 0 Å². The molecular formula is C68H132O17P2. The molecule has 19 heteroatoms. The van der Waals surface area contributed by atoms with Crippen molar-refractivity contribution in [3.63, 3.8) is 0 Å². The maximum Gasteiger partial charge on any atom is 0.472 e. The normalized spacial score (nSPS) is 14.1. The van der Waals surface area contributed by atoms with Gasteiger partial charge in [-0.25, -0.2) is 9.13 Å². The van der Waals surface area contributed by atoms with Gasteiger partial charge in [-0.05, 0) is 25.7 Å². The molecule has 0 aromatic carbocycles. The van der Waals surface area contributed by atoms with Gasteiger partial charge in [-0.2, -0.15) is 0 Å². The Morgan fingerprint density at radius 2 is 0.460 bits per heavy atom. The maximum absolute atomic E-state index is 13.0. The van der Waals surface area contributed by atoms with Crippen molar-refractivity contribution in [2.75, 3.05) is 39.6 Å². The largest absolute Gasteiger partial charge is 0.472 e. The number of carbonyl (C=O) groups excluding carboxylic acids is 4. The van der Waals surface area contributed by atoms with Gasteiger partial charge >= 0.3 is 39.5 Å². The summed E-state index contributed by atoms with van der Waals surface area (Å²) in [5.74, 6) is -2.13. The second kappa shape index (κ2) is 62.8. The molecule has 3 N–H and O–H groups in total. The van der Waals surface area contributed by atoms with Gasteiger partial charge in [0.1, 0.15) is 19.3 Å². The number of hydrogen-bond donors (Lipinski definition) is 3. The first-order valence-electron chi connectivity index (χ1n) is 35.8. The summed E-state index contributed by atoms with van der Waals surface area (Å²) in [5, 5.41) is 10.6. The molecule has 516 valence electrons. The summed E-state index contributed by atoms with van der Waals surface area (Å²) < 4.78 is 68.1. The number of phosphoric ester groups is 2. The average Bonchev–Trinajstić information content (AvgIpc) is 3.59. The van der Waals surface area contributed by atoms with Crippen LogP contribution in [0.5, 0.6) is 0 Å². The number of rotatable bonds is 69. The fourth-order valence-corrected chi connectivity index (χ4v) is 11.9. The molecule has 0 aromatic rings. The molecule has 87 heavy (non-hydrogen) atoms. The number of unbranched alkanes of at least 4 members (excludes halogenated alkanes) is 43. The topological polar surface area (TPSA) is 237 Å². The summed E-state index contributed by atoms with van der Waals surface area (Å²) in [6.45, 7) is 4.89. The second-order valence-corrected chi connectivity index (χ2v) is 27.5. The van der Waals surface area contributed by atoms with Gasteiger partial charge in [-0.15, -0.1) is 0 Å². The van der Waals surface area contributed by atoms with Gasteiger partial charge in [-0.3, -0.25) is 37.3 Å². The molecule has 0 bridgehead atoms. The SMILES string of the molecule is CCCCCCCCCCCCCCCCCCC(=O)O[C@H](COC(=O)CCCCCCCCCCCCCCCC)COP(=O)(O)OC[C@@H](O)COP(=O)(O)OC[C@@H](COC(=O)CCCCCCCCCC)OC(=O)CCCCCCCCCCC. The highest BCUT2D eigenvalue weighted by atomic mass is 31.2. The van der Waals surface area contributed by atoms with Gasteiger partial charge < -0.3 is 33.8 Å². The molecule has 0 spiro atoms. The quantitative estimate of drug-likeness (QED) is 0.0222. The number of ether oxygens (including phenoxy) is 4. The molecule has 0 saturated carbocycles. The van der Waals surface area contributed by atoms with E-state index >= 15 is 0 Å². The molecule has 5 atom stereocenters. The predicted molar refractivity (Wildman–Crippen MR) is 349 cm³/mol. The van der Waals surface area contributed by atoms with Crippen molar-refractivity contribution < 1.29 is 80.2 Å². The van der Waals surface area contributed by atoms with Crippen LogP contribution >= 0.6 is 15.6 Å². The molecular weight excluding hydrogens is 1150 g/mol. The number of phosphoric acid groups is 2. The molecule has 0 rings (SSSR count). The van der Waals surface area contributed by atoms with Crippen LogP contribution in [-0.2, 0) is 65.4 Å². The van der Waals surface area contributed by atoms with Crippen molar-refractivity contribution >= 4 is 39.5 Å². The minimum atomic E-state index is -4.95. The van der Waals surface area contributed by atoms with Crippen LogP contribution in [0.25, 0.3) is 0 Å². The Bertz CT molecular complexity index is 1670. The van der Waals surface area contributed by atoms with Crippen LogP contribution in [0, 0.1) is 0 Å². The molecule has 0 fully saturated rings. The second-order valence-electron chi connectivity index (χ2n) is 24.6. The number of esters is 4. The highest BCUT2D eigenvalue weighted by Crippen LogP contribution is 2.45. The summed E-state index contributed by atoms with van der Waals surface area (Å²) >= 11 is 0. The summed E-state index contributed by atoms with van der Waals surface area (Å²) in [7, 11) is -9.89. The average molecular weight is 1280 g/mol. The molecule has 0 heterocycles. The third-order valence-corrected chi connectivity index (χ3v) is 17.8. The summed E-state index contributed by atoms with van der Waals surface area (Å²) in [4.78, 5) is 72.3. The Kier molecular flexibility index (Phi) is 61.4. The minimum absolute atomic E-state index is 0.106. The summed E-state index contributed by atoms with van der Waals surface area (Å²) in [6, 6.07) is 0. The highest BCUT2D eigenvalue weighted by Gasteiger charge is 2.30. The number of hydrogen-bond acceptors (Lipinski definition) is 15. The van der Waals surface area contributed by atoms with E-state index in [9.17, 15) is 43.2 Å². The Hall–Kier alpha value is -1.94. The van der Waals surface area contributed by atoms with E-state index in [-0.39, 0.29) is 25.7 Å². The van der Waals surface area contributed by atoms with Crippen molar-refractivity contribution in [1.82, 2.24) is 0 Å². The molecule has 0 aromatic heterocycles. The maximum atomic E-state index is 13.0. The van der Waals surface area contributed by atoms with Crippen molar-refractivity contribution in [2.45, 2.75) is 373 Å².